The van der Waals surface area contributed by atoms with Crippen LogP contribution < -0.4 is 0 Å². The van der Waals surface area contributed by atoms with Crippen LogP contribution in [0, 0.1) is 0 Å². The van der Waals surface area contributed by atoms with Crippen molar-refractivity contribution in [1.82, 2.24) is 9.13 Å². The first-order chi connectivity index (χ1) is 21.8. The van der Waals surface area contributed by atoms with Gasteiger partial charge in [-0.25, -0.2) is 0 Å². The molecule has 0 aliphatic heterocycles. The van der Waals surface area contributed by atoms with E-state index in [0.29, 0.717) is 0 Å². The van der Waals surface area contributed by atoms with Crippen LogP contribution in [-0.2, 0) is 12.8 Å². The minimum atomic E-state index is 1.07. The van der Waals surface area contributed by atoms with Crippen molar-refractivity contribution in [1.29, 1.82) is 0 Å². The van der Waals surface area contributed by atoms with Crippen molar-refractivity contribution >= 4 is 49.6 Å². The molecule has 0 saturated heterocycles. The highest BCUT2D eigenvalue weighted by Gasteiger charge is 2.22. The highest BCUT2D eigenvalue weighted by Crippen LogP contribution is 2.40. The Bertz CT molecular complexity index is 2210. The van der Waals surface area contributed by atoms with E-state index in [1.165, 1.54) is 91.3 Å². The summed E-state index contributed by atoms with van der Waals surface area (Å²) in [7, 11) is 0. The van der Waals surface area contributed by atoms with Crippen LogP contribution in [0.2, 0.25) is 0 Å². The molecule has 6 aromatic rings. The Morgan fingerprint density at radius 3 is 2.23 bits per heavy atom. The van der Waals surface area contributed by atoms with Crippen molar-refractivity contribution < 1.29 is 0 Å². The third kappa shape index (κ3) is 4.08. The van der Waals surface area contributed by atoms with Crippen LogP contribution in [0.3, 0.4) is 0 Å². The molecule has 3 aliphatic rings. The Balaban J connectivity index is 1.13. The molecule has 0 saturated carbocycles. The first-order valence-corrected chi connectivity index (χ1v) is 16.4. The van der Waals surface area contributed by atoms with Crippen LogP contribution in [0.4, 0.5) is 0 Å². The molecule has 4 aromatic carbocycles. The maximum absolute atomic E-state index is 2.52. The summed E-state index contributed by atoms with van der Waals surface area (Å²) < 4.78 is 5.01. The Morgan fingerprint density at radius 1 is 0.568 bits per heavy atom. The lowest BCUT2D eigenvalue weighted by Crippen LogP contribution is -2.06. The first kappa shape index (κ1) is 25.7. The molecule has 44 heavy (non-hydrogen) atoms. The Labute approximate surface area is 258 Å². The molecule has 2 aromatic heterocycles. The van der Waals surface area contributed by atoms with E-state index in [-0.39, 0.29) is 0 Å². The second-order valence-electron chi connectivity index (χ2n) is 12.6. The van der Waals surface area contributed by atoms with Crippen LogP contribution in [0.5, 0.6) is 0 Å². The van der Waals surface area contributed by atoms with Gasteiger partial charge in [-0.3, -0.25) is 0 Å². The quantitative estimate of drug-likeness (QED) is 0.200. The predicted molar refractivity (Wildman–Crippen MR) is 187 cm³/mol. The maximum Gasteiger partial charge on any atom is 0.0538 e. The normalized spacial score (nSPS) is 16.7. The Morgan fingerprint density at radius 2 is 1.34 bits per heavy atom. The Kier molecular flexibility index (Phi) is 6.07. The summed E-state index contributed by atoms with van der Waals surface area (Å²) in [4.78, 5) is 0. The third-order valence-electron chi connectivity index (χ3n) is 10.0. The smallest absolute Gasteiger partial charge is 0.0538 e. The molecule has 9 rings (SSSR count). The van der Waals surface area contributed by atoms with Crippen molar-refractivity contribution in [2.45, 2.75) is 51.4 Å². The highest BCUT2D eigenvalue weighted by atomic mass is 15.0. The highest BCUT2D eigenvalue weighted by molar-refractivity contribution is 6.11. The third-order valence-corrected chi connectivity index (χ3v) is 10.0. The molecule has 0 N–H and O–H groups in total. The number of aromatic nitrogens is 2. The number of benzene rings is 4. The molecular formula is C42H36N2. The summed E-state index contributed by atoms with van der Waals surface area (Å²) in [6.07, 6.45) is 20.9. The number of aryl methyl sites for hydroxylation is 1. The van der Waals surface area contributed by atoms with Gasteiger partial charge in [-0.05, 0) is 128 Å². The number of hydrogen-bond acceptors (Lipinski definition) is 0. The minimum absolute atomic E-state index is 1.07. The van der Waals surface area contributed by atoms with Crippen LogP contribution >= 0.6 is 0 Å². The van der Waals surface area contributed by atoms with Gasteiger partial charge in [0.2, 0.25) is 0 Å². The summed E-state index contributed by atoms with van der Waals surface area (Å²) in [6.45, 7) is 0. The van der Waals surface area contributed by atoms with Gasteiger partial charge in [0.05, 0.1) is 16.6 Å². The van der Waals surface area contributed by atoms with Gasteiger partial charge in [-0.1, -0.05) is 72.8 Å². The first-order valence-electron chi connectivity index (χ1n) is 16.4. The number of allylic oxidation sites excluding steroid dienone is 8. The second kappa shape index (κ2) is 10.4. The Hall–Kier alpha value is -4.82. The topological polar surface area (TPSA) is 9.86 Å². The molecule has 0 radical (unpaired) electrons. The summed E-state index contributed by atoms with van der Waals surface area (Å²) in [5.74, 6) is 0. The zero-order chi connectivity index (χ0) is 29.0. The molecule has 0 fully saturated rings. The zero-order valence-electron chi connectivity index (χ0n) is 25.1. The number of fused-ring (bicyclic) bond motifs is 6. The maximum atomic E-state index is 2.52. The SMILES string of the molecule is C1=CCCC(n2c3ccccc3c3cc(C4=CC(c5ccc6c(c5)c5c(n6-c6ccccc6)CCCC5)=CCC4)ccc32)=C1. The summed E-state index contributed by atoms with van der Waals surface area (Å²) in [5.41, 5.74) is 15.2. The van der Waals surface area contributed by atoms with E-state index in [0.717, 1.165) is 32.1 Å². The van der Waals surface area contributed by atoms with Gasteiger partial charge in [-0.15, -0.1) is 0 Å². The van der Waals surface area contributed by atoms with Gasteiger partial charge in [0.15, 0.2) is 0 Å². The van der Waals surface area contributed by atoms with Gasteiger partial charge in [0, 0.05) is 33.2 Å². The summed E-state index contributed by atoms with van der Waals surface area (Å²) in [5, 5.41) is 4.12. The van der Waals surface area contributed by atoms with E-state index >= 15 is 0 Å². The monoisotopic (exact) mass is 568 g/mol. The minimum Gasteiger partial charge on any atom is -0.313 e. The van der Waals surface area contributed by atoms with Crippen molar-refractivity contribution in [3.8, 4) is 5.69 Å². The van der Waals surface area contributed by atoms with E-state index in [9.17, 15) is 0 Å². The number of hydrogen-bond donors (Lipinski definition) is 0. The van der Waals surface area contributed by atoms with Gasteiger partial charge < -0.3 is 9.13 Å². The summed E-state index contributed by atoms with van der Waals surface area (Å²) >= 11 is 0. The number of rotatable bonds is 4. The molecule has 0 unspecified atom stereocenters. The van der Waals surface area contributed by atoms with Gasteiger partial charge in [0.25, 0.3) is 0 Å². The van der Waals surface area contributed by atoms with Gasteiger partial charge >= 0.3 is 0 Å². The molecule has 214 valence electrons. The van der Waals surface area contributed by atoms with Crippen LogP contribution in [0.1, 0.15) is 60.9 Å². The van der Waals surface area contributed by atoms with Crippen LogP contribution in [0.15, 0.2) is 121 Å². The van der Waals surface area contributed by atoms with Crippen LogP contribution in [-0.4, -0.2) is 9.13 Å². The lowest BCUT2D eigenvalue weighted by Gasteiger charge is -2.16. The molecule has 2 heteroatoms. The fourth-order valence-electron chi connectivity index (χ4n) is 7.99. The van der Waals surface area contributed by atoms with Crippen molar-refractivity contribution in [2.75, 3.05) is 0 Å². The van der Waals surface area contributed by atoms with Crippen molar-refractivity contribution in [3.63, 3.8) is 0 Å². The zero-order valence-corrected chi connectivity index (χ0v) is 25.1. The number of nitrogens with zero attached hydrogens (tertiary/aromatic N) is 2. The molecule has 3 aliphatic carbocycles. The molecule has 2 heterocycles. The molecule has 0 bridgehead atoms. The van der Waals surface area contributed by atoms with E-state index in [4.69, 9.17) is 0 Å². The van der Waals surface area contributed by atoms with Gasteiger partial charge in [0.1, 0.15) is 0 Å². The second-order valence-corrected chi connectivity index (χ2v) is 12.6. The fourth-order valence-corrected chi connectivity index (χ4v) is 7.99. The van der Waals surface area contributed by atoms with E-state index in [2.05, 4.69) is 131 Å². The summed E-state index contributed by atoms with van der Waals surface area (Å²) in [6, 6.07) is 34.2. The standard InChI is InChI=1S/C42H36N2/c1-3-14-33(15-4-1)43-39-20-9-7-18-35(39)37-27-31(22-24-41(37)43)29-12-11-13-30(26-29)32-23-25-42-38(28-32)36-19-8-10-21-40(36)44(42)34-16-5-2-6-17-34/h1-5,8,10,12,14-16,19,21-28H,6-7,9,11,13,17-18,20H2. The molecule has 2 nitrogen and oxygen atoms in total. The van der Waals surface area contributed by atoms with Crippen molar-refractivity contribution in [2.24, 2.45) is 0 Å². The van der Waals surface area contributed by atoms with E-state index in [1.807, 2.05) is 0 Å². The lowest BCUT2D eigenvalue weighted by atomic mass is 9.89. The van der Waals surface area contributed by atoms with E-state index < -0.39 is 0 Å². The van der Waals surface area contributed by atoms with E-state index in [1.54, 1.807) is 5.56 Å². The average Bonchev–Trinajstić information content (AvgIpc) is 3.61. The van der Waals surface area contributed by atoms with Crippen molar-refractivity contribution in [3.05, 3.63) is 144 Å². The lowest BCUT2D eigenvalue weighted by molar-refractivity contribution is 0.667. The van der Waals surface area contributed by atoms with Crippen LogP contribution in [0.25, 0.3) is 55.2 Å². The fraction of sp³-hybridized carbons (Fsp3) is 0.190. The predicted octanol–water partition coefficient (Wildman–Crippen LogP) is 11.1. The molecule has 0 amide bonds. The number of para-hydroxylation sites is 2. The molecular weight excluding hydrogens is 532 g/mol. The van der Waals surface area contributed by atoms with Gasteiger partial charge in [-0.2, -0.15) is 0 Å². The molecule has 0 spiro atoms. The largest absolute Gasteiger partial charge is 0.313 e. The average molecular weight is 569 g/mol. The molecule has 0 atom stereocenters.